The predicted molar refractivity (Wildman–Crippen MR) is 125 cm³/mol. The van der Waals surface area contributed by atoms with E-state index in [0.29, 0.717) is 62.2 Å². The normalized spacial score (nSPS) is 15.0. The second-order valence-corrected chi connectivity index (χ2v) is 9.64. The lowest BCUT2D eigenvalue weighted by atomic mass is 10.2. The highest BCUT2D eigenvalue weighted by atomic mass is 32.2. The molecule has 13 heteroatoms. The number of anilines is 2. The van der Waals surface area contributed by atoms with Crippen molar-refractivity contribution in [2.24, 2.45) is 0 Å². The minimum absolute atomic E-state index is 0.0306. The third-order valence-electron chi connectivity index (χ3n) is 5.36. The van der Waals surface area contributed by atoms with Crippen LogP contribution in [0.25, 0.3) is 11.2 Å². The summed E-state index contributed by atoms with van der Waals surface area (Å²) >= 11 is 0. The van der Waals surface area contributed by atoms with E-state index >= 15 is 0 Å². The van der Waals surface area contributed by atoms with Crippen LogP contribution in [0.5, 0.6) is 0 Å². The zero-order valence-electron chi connectivity index (χ0n) is 18.1. The van der Waals surface area contributed by atoms with Gasteiger partial charge in [-0.05, 0) is 5.56 Å². The first-order valence-corrected chi connectivity index (χ1v) is 12.1. The van der Waals surface area contributed by atoms with Crippen LogP contribution in [0.4, 0.5) is 17.5 Å². The molecule has 1 fully saturated rings. The smallest absolute Gasteiger partial charge is 0.269 e. The fourth-order valence-electron chi connectivity index (χ4n) is 3.62. The number of aromatic nitrogens is 4. The fraction of sp³-hybridized carbons (Fsp3) is 0.350. The molecule has 2 aromatic heterocycles. The average molecular weight is 473 g/mol. The van der Waals surface area contributed by atoms with E-state index in [-0.39, 0.29) is 5.69 Å². The summed E-state index contributed by atoms with van der Waals surface area (Å²) in [6, 6.07) is 6.33. The van der Waals surface area contributed by atoms with Gasteiger partial charge in [0.15, 0.2) is 17.0 Å². The monoisotopic (exact) mass is 472 g/mol. The van der Waals surface area contributed by atoms with E-state index < -0.39 is 14.9 Å². The first-order valence-electron chi connectivity index (χ1n) is 10.3. The largest absolute Gasteiger partial charge is 0.365 e. The molecule has 33 heavy (non-hydrogen) atoms. The molecule has 3 aromatic rings. The quantitative estimate of drug-likeness (QED) is 0.293. The first kappa shape index (κ1) is 22.6. The number of imidazole rings is 1. The van der Waals surface area contributed by atoms with Gasteiger partial charge in [0.1, 0.15) is 0 Å². The molecular formula is C20H24N8O4S. The maximum absolute atomic E-state index is 11.8. The van der Waals surface area contributed by atoms with Crippen LogP contribution in [0.2, 0.25) is 0 Å². The number of piperazine rings is 1. The molecule has 0 spiro atoms. The van der Waals surface area contributed by atoms with Crippen molar-refractivity contribution in [1.82, 2.24) is 23.8 Å². The highest BCUT2D eigenvalue weighted by Gasteiger charge is 2.26. The molecule has 0 atom stereocenters. The molecule has 0 radical (unpaired) electrons. The molecule has 0 unspecified atom stereocenters. The van der Waals surface area contributed by atoms with Gasteiger partial charge in [-0.3, -0.25) is 10.1 Å². The fourth-order valence-corrected chi connectivity index (χ4v) is 4.45. The van der Waals surface area contributed by atoms with Crippen LogP contribution in [0.3, 0.4) is 0 Å². The third kappa shape index (κ3) is 4.93. The number of hydrogen-bond acceptors (Lipinski definition) is 9. The van der Waals surface area contributed by atoms with E-state index in [4.69, 9.17) is 4.98 Å². The maximum Gasteiger partial charge on any atom is 0.269 e. The summed E-state index contributed by atoms with van der Waals surface area (Å²) in [5.74, 6) is 1.04. The molecule has 0 amide bonds. The Hall–Kier alpha value is -3.58. The van der Waals surface area contributed by atoms with Gasteiger partial charge in [-0.25, -0.2) is 13.4 Å². The summed E-state index contributed by atoms with van der Waals surface area (Å²) in [5.41, 5.74) is 2.10. The van der Waals surface area contributed by atoms with Crippen molar-refractivity contribution in [1.29, 1.82) is 0 Å². The van der Waals surface area contributed by atoms with Crippen molar-refractivity contribution in [3.8, 4) is 0 Å². The van der Waals surface area contributed by atoms with Crippen molar-refractivity contribution >= 4 is 38.6 Å². The molecule has 0 aliphatic carbocycles. The number of nitro groups is 1. The van der Waals surface area contributed by atoms with E-state index in [1.54, 1.807) is 24.5 Å². The number of benzene rings is 1. The lowest BCUT2D eigenvalue weighted by Crippen LogP contribution is -2.48. The summed E-state index contributed by atoms with van der Waals surface area (Å²) in [5, 5.41) is 14.1. The van der Waals surface area contributed by atoms with Crippen LogP contribution in [-0.2, 0) is 16.6 Å². The number of fused-ring (bicyclic) bond motifs is 1. The number of rotatable bonds is 8. The summed E-state index contributed by atoms with van der Waals surface area (Å²) in [6.07, 6.45) is 4.58. The Morgan fingerprint density at radius 3 is 2.48 bits per heavy atom. The molecule has 1 aliphatic heterocycles. The number of nitrogens with one attached hydrogen (secondary N) is 1. The Morgan fingerprint density at radius 2 is 1.88 bits per heavy atom. The molecule has 174 valence electrons. The number of hydrogen-bond donors (Lipinski definition) is 1. The highest BCUT2D eigenvalue weighted by Crippen LogP contribution is 2.24. The minimum Gasteiger partial charge on any atom is -0.365 e. The third-order valence-corrected chi connectivity index (χ3v) is 6.66. The molecule has 4 rings (SSSR count). The van der Waals surface area contributed by atoms with Crippen molar-refractivity contribution in [3.63, 3.8) is 0 Å². The van der Waals surface area contributed by atoms with Gasteiger partial charge in [0, 0.05) is 44.9 Å². The molecule has 0 saturated carbocycles. The standard InChI is InChI=1S/C20H24N8O4S/c1-3-8-21-18-17-19(24-20(23-18)25-9-11-27(12-10-25)33(2,31)32)26(14-22-17)13-15-4-6-16(7-5-15)28(29)30/h3-7,14H,1,8-13H2,2H3,(H,21,23,24). The van der Waals surface area contributed by atoms with E-state index in [1.165, 1.54) is 22.7 Å². The van der Waals surface area contributed by atoms with Crippen molar-refractivity contribution in [3.05, 3.63) is 58.9 Å². The van der Waals surface area contributed by atoms with Gasteiger partial charge < -0.3 is 14.8 Å². The average Bonchev–Trinajstić information content (AvgIpc) is 3.20. The Kier molecular flexibility index (Phi) is 6.24. The second kappa shape index (κ2) is 9.11. The Balaban J connectivity index is 1.65. The van der Waals surface area contributed by atoms with Crippen LogP contribution in [0.1, 0.15) is 5.56 Å². The molecule has 12 nitrogen and oxygen atoms in total. The van der Waals surface area contributed by atoms with E-state index in [1.807, 2.05) is 9.47 Å². The zero-order chi connectivity index (χ0) is 23.6. The SMILES string of the molecule is C=CCNc1nc(N2CCN(S(C)(=O)=O)CC2)nc2c1ncn2Cc1ccc([N+](=O)[O-])cc1. The summed E-state index contributed by atoms with van der Waals surface area (Å²) in [6.45, 7) is 6.29. The van der Waals surface area contributed by atoms with Gasteiger partial charge in [-0.15, -0.1) is 6.58 Å². The molecule has 0 bridgehead atoms. The summed E-state index contributed by atoms with van der Waals surface area (Å²) in [4.78, 5) is 26.3. The van der Waals surface area contributed by atoms with Crippen LogP contribution in [-0.4, -0.2) is 76.1 Å². The van der Waals surface area contributed by atoms with Crippen molar-refractivity contribution in [2.45, 2.75) is 6.54 Å². The Labute approximate surface area is 190 Å². The van der Waals surface area contributed by atoms with E-state index in [2.05, 4.69) is 21.9 Å². The van der Waals surface area contributed by atoms with E-state index in [0.717, 1.165) is 5.56 Å². The maximum atomic E-state index is 11.8. The topological polar surface area (TPSA) is 139 Å². The van der Waals surface area contributed by atoms with Gasteiger partial charge >= 0.3 is 0 Å². The molecule has 1 aliphatic rings. The molecule has 3 heterocycles. The second-order valence-electron chi connectivity index (χ2n) is 7.66. The Bertz CT molecular complexity index is 1280. The lowest BCUT2D eigenvalue weighted by molar-refractivity contribution is -0.384. The summed E-state index contributed by atoms with van der Waals surface area (Å²) in [7, 11) is -3.24. The van der Waals surface area contributed by atoms with Gasteiger partial charge in [-0.1, -0.05) is 18.2 Å². The number of nitrogens with zero attached hydrogens (tertiary/aromatic N) is 7. The number of nitro benzene ring substituents is 1. The van der Waals surface area contributed by atoms with E-state index in [9.17, 15) is 18.5 Å². The van der Waals surface area contributed by atoms with Gasteiger partial charge in [-0.2, -0.15) is 14.3 Å². The predicted octanol–water partition coefficient (Wildman–Crippen LogP) is 1.46. The van der Waals surface area contributed by atoms with Crippen LogP contribution in [0.15, 0.2) is 43.2 Å². The lowest BCUT2D eigenvalue weighted by Gasteiger charge is -2.33. The number of sulfonamides is 1. The van der Waals surface area contributed by atoms with Crippen molar-refractivity contribution < 1.29 is 13.3 Å². The number of non-ortho nitro benzene ring substituents is 1. The molecule has 1 saturated heterocycles. The van der Waals surface area contributed by atoms with Crippen LogP contribution >= 0.6 is 0 Å². The molecular weight excluding hydrogens is 448 g/mol. The Morgan fingerprint density at radius 1 is 1.18 bits per heavy atom. The van der Waals surface area contributed by atoms with Crippen molar-refractivity contribution in [2.75, 3.05) is 49.2 Å². The molecule has 1 aromatic carbocycles. The van der Waals surface area contributed by atoms with Gasteiger partial charge in [0.2, 0.25) is 16.0 Å². The minimum atomic E-state index is -3.24. The summed E-state index contributed by atoms with van der Waals surface area (Å²) < 4.78 is 26.9. The van der Waals surface area contributed by atoms with Gasteiger partial charge in [0.05, 0.1) is 24.1 Å². The first-order chi connectivity index (χ1) is 15.8. The molecule has 1 N–H and O–H groups in total. The van der Waals surface area contributed by atoms with Gasteiger partial charge in [0.25, 0.3) is 5.69 Å². The van der Waals surface area contributed by atoms with Crippen LogP contribution < -0.4 is 10.2 Å². The van der Waals surface area contributed by atoms with Crippen LogP contribution in [0, 0.1) is 10.1 Å². The highest BCUT2D eigenvalue weighted by molar-refractivity contribution is 7.88. The zero-order valence-corrected chi connectivity index (χ0v) is 18.9.